The molecule has 23 heavy (non-hydrogen) atoms. The number of benzene rings is 1. The zero-order chi connectivity index (χ0) is 17.0. The van der Waals surface area contributed by atoms with Gasteiger partial charge in [-0.2, -0.15) is 5.10 Å². The van der Waals surface area contributed by atoms with Gasteiger partial charge in [-0.1, -0.05) is 13.8 Å². The van der Waals surface area contributed by atoms with Crippen molar-refractivity contribution < 1.29 is 9.59 Å². The zero-order valence-corrected chi connectivity index (χ0v) is 13.9. The minimum absolute atomic E-state index is 0.0210. The van der Waals surface area contributed by atoms with E-state index in [1.54, 1.807) is 24.3 Å². The number of anilines is 2. The average molecular weight is 314 g/mol. The molecule has 0 aliphatic carbocycles. The molecule has 0 aliphatic heterocycles. The second-order valence-corrected chi connectivity index (χ2v) is 6.07. The second kappa shape index (κ2) is 7.09. The molecule has 1 aromatic heterocycles. The Balaban J connectivity index is 2.06. The number of nitrogens with zero attached hydrogens (tertiary/aromatic N) is 1. The number of aryl methyl sites for hydroxylation is 2. The molecule has 1 heterocycles. The molecule has 2 amide bonds. The first-order valence-electron chi connectivity index (χ1n) is 7.59. The van der Waals surface area contributed by atoms with E-state index in [4.69, 9.17) is 0 Å². The zero-order valence-electron chi connectivity index (χ0n) is 13.9. The van der Waals surface area contributed by atoms with Gasteiger partial charge in [0.2, 0.25) is 5.91 Å². The highest BCUT2D eigenvalue weighted by Crippen LogP contribution is 2.18. The predicted molar refractivity (Wildman–Crippen MR) is 90.5 cm³/mol. The molecular weight excluding hydrogens is 292 g/mol. The molecule has 3 N–H and O–H groups in total. The van der Waals surface area contributed by atoms with Crippen molar-refractivity contribution in [2.45, 2.75) is 34.1 Å². The maximum absolute atomic E-state index is 12.2. The summed E-state index contributed by atoms with van der Waals surface area (Å²) < 4.78 is 0. The van der Waals surface area contributed by atoms with E-state index in [0.717, 1.165) is 16.9 Å². The van der Waals surface area contributed by atoms with E-state index in [1.165, 1.54) is 0 Å². The van der Waals surface area contributed by atoms with Crippen LogP contribution in [0.15, 0.2) is 24.3 Å². The second-order valence-electron chi connectivity index (χ2n) is 6.07. The van der Waals surface area contributed by atoms with Gasteiger partial charge in [0.15, 0.2) is 5.82 Å². The molecule has 2 rings (SSSR count). The summed E-state index contributed by atoms with van der Waals surface area (Å²) in [5, 5.41) is 12.3. The van der Waals surface area contributed by atoms with Gasteiger partial charge in [-0.25, -0.2) is 0 Å². The van der Waals surface area contributed by atoms with E-state index in [9.17, 15) is 9.59 Å². The number of carbonyl (C=O) groups excluding carboxylic acids is 2. The van der Waals surface area contributed by atoms with Gasteiger partial charge in [-0.3, -0.25) is 14.7 Å². The molecule has 0 bridgehead atoms. The Hall–Kier alpha value is -2.63. The summed E-state index contributed by atoms with van der Waals surface area (Å²) >= 11 is 0. The van der Waals surface area contributed by atoms with Gasteiger partial charge in [0.1, 0.15) is 0 Å². The van der Waals surface area contributed by atoms with E-state index < -0.39 is 0 Å². The van der Waals surface area contributed by atoms with E-state index in [0.29, 0.717) is 23.7 Å². The summed E-state index contributed by atoms with van der Waals surface area (Å²) in [5.74, 6) is 0.532. The van der Waals surface area contributed by atoms with E-state index in [2.05, 4.69) is 20.8 Å². The van der Waals surface area contributed by atoms with Gasteiger partial charge in [-0.15, -0.1) is 0 Å². The van der Waals surface area contributed by atoms with Gasteiger partial charge in [0.25, 0.3) is 5.91 Å². The molecule has 0 spiro atoms. The lowest BCUT2D eigenvalue weighted by Gasteiger charge is -2.11. The minimum Gasteiger partial charge on any atom is -0.326 e. The Labute approximate surface area is 135 Å². The van der Waals surface area contributed by atoms with Crippen molar-refractivity contribution in [1.82, 2.24) is 10.2 Å². The Kier molecular flexibility index (Phi) is 5.16. The molecule has 0 unspecified atom stereocenters. The van der Waals surface area contributed by atoms with Gasteiger partial charge in [0, 0.05) is 29.4 Å². The fourth-order valence-electron chi connectivity index (χ4n) is 2.19. The Bertz CT molecular complexity index is 719. The highest BCUT2D eigenvalue weighted by atomic mass is 16.2. The third kappa shape index (κ3) is 4.67. The summed E-state index contributed by atoms with van der Waals surface area (Å²) in [6.07, 6.45) is 0.472. The van der Waals surface area contributed by atoms with Crippen molar-refractivity contribution in [2.24, 2.45) is 5.92 Å². The molecule has 0 saturated carbocycles. The standard InChI is InChI=1S/C17H22N4O2/c1-10(2)7-16(22)18-14-6-5-13(8-11(14)3)17(23)19-15-9-12(4)20-21-15/h5-6,8-10H,7H2,1-4H3,(H,18,22)(H2,19,20,21,23). The molecule has 0 fully saturated rings. The summed E-state index contributed by atoms with van der Waals surface area (Å²) in [7, 11) is 0. The first-order valence-corrected chi connectivity index (χ1v) is 7.59. The largest absolute Gasteiger partial charge is 0.326 e. The van der Waals surface area contributed by atoms with Crippen molar-refractivity contribution in [3.63, 3.8) is 0 Å². The van der Waals surface area contributed by atoms with Crippen molar-refractivity contribution in [3.8, 4) is 0 Å². The van der Waals surface area contributed by atoms with Crippen LogP contribution in [0.2, 0.25) is 0 Å². The summed E-state index contributed by atoms with van der Waals surface area (Å²) in [6, 6.07) is 6.94. The molecule has 2 aromatic rings. The van der Waals surface area contributed by atoms with Gasteiger partial charge < -0.3 is 10.6 Å². The van der Waals surface area contributed by atoms with Crippen LogP contribution >= 0.6 is 0 Å². The summed E-state index contributed by atoms with van der Waals surface area (Å²) in [6.45, 7) is 7.72. The van der Waals surface area contributed by atoms with Crippen LogP contribution in [0.3, 0.4) is 0 Å². The smallest absolute Gasteiger partial charge is 0.256 e. The average Bonchev–Trinajstić information content (AvgIpc) is 2.85. The van der Waals surface area contributed by atoms with Crippen molar-refractivity contribution >= 4 is 23.3 Å². The first kappa shape index (κ1) is 16.7. The van der Waals surface area contributed by atoms with Gasteiger partial charge in [0.05, 0.1) is 0 Å². The Morgan fingerprint density at radius 1 is 1.17 bits per heavy atom. The van der Waals surface area contributed by atoms with Crippen LogP contribution in [-0.4, -0.2) is 22.0 Å². The monoisotopic (exact) mass is 314 g/mol. The Morgan fingerprint density at radius 3 is 2.48 bits per heavy atom. The van der Waals surface area contributed by atoms with Crippen LogP contribution in [0.25, 0.3) is 0 Å². The van der Waals surface area contributed by atoms with Crippen LogP contribution < -0.4 is 10.6 Å². The van der Waals surface area contributed by atoms with Gasteiger partial charge in [-0.05, 0) is 43.5 Å². The molecule has 0 radical (unpaired) electrons. The number of hydrogen-bond acceptors (Lipinski definition) is 3. The lowest BCUT2D eigenvalue weighted by molar-refractivity contribution is -0.116. The van der Waals surface area contributed by atoms with Crippen LogP contribution in [0, 0.1) is 19.8 Å². The SMILES string of the molecule is Cc1cc(NC(=O)c2ccc(NC(=O)CC(C)C)c(C)c2)n[nH]1. The minimum atomic E-state index is -0.236. The normalized spacial score (nSPS) is 10.7. The van der Waals surface area contributed by atoms with E-state index >= 15 is 0 Å². The fourth-order valence-corrected chi connectivity index (χ4v) is 2.19. The Morgan fingerprint density at radius 2 is 1.91 bits per heavy atom. The number of carbonyl (C=O) groups is 2. The number of aromatic amines is 1. The van der Waals surface area contributed by atoms with Crippen molar-refractivity contribution in [2.75, 3.05) is 10.6 Å². The number of aromatic nitrogens is 2. The van der Waals surface area contributed by atoms with Crippen molar-refractivity contribution in [3.05, 3.63) is 41.1 Å². The van der Waals surface area contributed by atoms with Gasteiger partial charge >= 0.3 is 0 Å². The molecule has 6 nitrogen and oxygen atoms in total. The molecular formula is C17H22N4O2. The predicted octanol–water partition coefficient (Wildman–Crippen LogP) is 3.26. The third-order valence-corrected chi connectivity index (χ3v) is 3.30. The fraction of sp³-hybridized carbons (Fsp3) is 0.353. The lowest BCUT2D eigenvalue weighted by Crippen LogP contribution is -2.16. The van der Waals surface area contributed by atoms with Crippen LogP contribution in [0.4, 0.5) is 11.5 Å². The van der Waals surface area contributed by atoms with Crippen molar-refractivity contribution in [1.29, 1.82) is 0 Å². The van der Waals surface area contributed by atoms with Crippen LogP contribution in [-0.2, 0) is 4.79 Å². The molecule has 122 valence electrons. The van der Waals surface area contributed by atoms with E-state index in [1.807, 2.05) is 27.7 Å². The number of H-pyrrole nitrogens is 1. The number of hydrogen-bond donors (Lipinski definition) is 3. The van der Waals surface area contributed by atoms with Crippen LogP contribution in [0.1, 0.15) is 41.9 Å². The number of nitrogens with one attached hydrogen (secondary N) is 3. The molecule has 0 aliphatic rings. The molecule has 0 saturated heterocycles. The summed E-state index contributed by atoms with van der Waals surface area (Å²) in [4.78, 5) is 24.0. The van der Waals surface area contributed by atoms with Crippen LogP contribution in [0.5, 0.6) is 0 Å². The highest BCUT2D eigenvalue weighted by Gasteiger charge is 2.11. The molecule has 0 atom stereocenters. The maximum Gasteiger partial charge on any atom is 0.256 e. The first-order chi connectivity index (χ1) is 10.8. The number of amides is 2. The van der Waals surface area contributed by atoms with E-state index in [-0.39, 0.29) is 11.8 Å². The molecule has 1 aromatic carbocycles. The lowest BCUT2D eigenvalue weighted by atomic mass is 10.1. The third-order valence-electron chi connectivity index (χ3n) is 3.30. The topological polar surface area (TPSA) is 86.9 Å². The maximum atomic E-state index is 12.2. The summed E-state index contributed by atoms with van der Waals surface area (Å²) in [5.41, 5.74) is 2.96. The molecule has 6 heteroatoms. The quantitative estimate of drug-likeness (QED) is 0.791. The number of rotatable bonds is 5. The highest BCUT2D eigenvalue weighted by molar-refractivity contribution is 6.04.